The molecule has 106 valence electrons. The first kappa shape index (κ1) is 13.1. The number of aromatic carboxylic acids is 1. The third-order valence-electron chi connectivity index (χ3n) is 4.11. The summed E-state index contributed by atoms with van der Waals surface area (Å²) >= 11 is 0. The van der Waals surface area contributed by atoms with Gasteiger partial charge in [0, 0.05) is 6.20 Å². The minimum Gasteiger partial charge on any atom is -0.478 e. The van der Waals surface area contributed by atoms with Crippen molar-refractivity contribution in [2.75, 3.05) is 11.9 Å². The molecule has 1 saturated carbocycles. The van der Waals surface area contributed by atoms with Gasteiger partial charge in [-0.2, -0.15) is 0 Å². The molecule has 2 fully saturated rings. The Kier molecular flexibility index (Phi) is 3.40. The van der Waals surface area contributed by atoms with Crippen LogP contribution in [0.25, 0.3) is 0 Å². The van der Waals surface area contributed by atoms with Crippen LogP contribution in [0.5, 0.6) is 0 Å². The molecule has 1 aromatic heterocycles. The van der Waals surface area contributed by atoms with E-state index in [-0.39, 0.29) is 11.5 Å². The van der Waals surface area contributed by atoms with Crippen molar-refractivity contribution >= 4 is 17.6 Å². The van der Waals surface area contributed by atoms with Crippen LogP contribution < -0.4 is 5.32 Å². The van der Waals surface area contributed by atoms with Crippen LogP contribution in [0.1, 0.15) is 29.6 Å². The van der Waals surface area contributed by atoms with E-state index < -0.39 is 12.1 Å². The van der Waals surface area contributed by atoms with E-state index in [0.29, 0.717) is 24.1 Å². The zero-order valence-corrected chi connectivity index (χ0v) is 10.9. The van der Waals surface area contributed by atoms with Gasteiger partial charge in [0.15, 0.2) is 0 Å². The van der Waals surface area contributed by atoms with Gasteiger partial charge in [0.1, 0.15) is 6.10 Å². The fraction of sp³-hybridized carbons (Fsp3) is 0.500. The minimum absolute atomic E-state index is 0.0499. The maximum atomic E-state index is 12.2. The smallest absolute Gasteiger partial charge is 0.337 e. The molecule has 1 aliphatic carbocycles. The van der Waals surface area contributed by atoms with Crippen molar-refractivity contribution in [2.24, 2.45) is 11.8 Å². The maximum absolute atomic E-state index is 12.2. The van der Waals surface area contributed by atoms with Gasteiger partial charge in [0.05, 0.1) is 24.1 Å². The summed E-state index contributed by atoms with van der Waals surface area (Å²) in [5.74, 6) is -0.481. The monoisotopic (exact) mass is 276 g/mol. The molecular formula is C14H16N2O4. The summed E-state index contributed by atoms with van der Waals surface area (Å²) in [5.41, 5.74) is 0.439. The molecule has 2 heterocycles. The lowest BCUT2D eigenvalue weighted by Crippen LogP contribution is -2.32. The average molecular weight is 276 g/mol. The number of carbonyl (C=O) groups is 2. The van der Waals surface area contributed by atoms with E-state index in [4.69, 9.17) is 9.84 Å². The molecule has 1 aromatic rings. The highest BCUT2D eigenvalue weighted by atomic mass is 16.5. The summed E-state index contributed by atoms with van der Waals surface area (Å²) in [6.45, 7) is 0.649. The third kappa shape index (κ3) is 2.38. The first-order valence-electron chi connectivity index (χ1n) is 6.76. The number of carbonyl (C=O) groups excluding carboxylic acids is 1. The zero-order valence-electron chi connectivity index (χ0n) is 10.9. The molecule has 0 radical (unpaired) electrons. The first-order valence-corrected chi connectivity index (χ1v) is 6.76. The molecule has 0 bridgehead atoms. The molecule has 2 N–H and O–H groups in total. The standard InChI is InChI=1S/C14H16N2O4/c17-13(12-11-3-1-2-8(11)7-20-12)16-10-4-9(14(18)19)5-15-6-10/h4-6,8,11-12H,1-3,7H2,(H,16,17)(H,18,19)/t8-,11-,12+/m0/s1. The summed E-state index contributed by atoms with van der Waals surface area (Å²) in [4.78, 5) is 26.9. The van der Waals surface area contributed by atoms with Gasteiger partial charge >= 0.3 is 5.97 Å². The SMILES string of the molecule is O=C(O)c1cncc(NC(=O)[C@@H]2OC[C@@H]3CCC[C@@H]32)c1. The Labute approximate surface area is 116 Å². The molecule has 0 unspecified atom stereocenters. The predicted molar refractivity (Wildman–Crippen MR) is 70.4 cm³/mol. The highest BCUT2D eigenvalue weighted by molar-refractivity contribution is 5.96. The fourth-order valence-electron chi connectivity index (χ4n) is 3.13. The maximum Gasteiger partial charge on any atom is 0.337 e. The van der Waals surface area contributed by atoms with E-state index in [1.807, 2.05) is 0 Å². The second kappa shape index (κ2) is 5.20. The van der Waals surface area contributed by atoms with Crippen molar-refractivity contribution in [1.29, 1.82) is 0 Å². The van der Waals surface area contributed by atoms with Crippen LogP contribution in [-0.4, -0.2) is 34.7 Å². The fourth-order valence-corrected chi connectivity index (χ4v) is 3.13. The molecular weight excluding hydrogens is 260 g/mol. The van der Waals surface area contributed by atoms with E-state index in [0.717, 1.165) is 19.3 Å². The molecule has 6 nitrogen and oxygen atoms in total. The Hall–Kier alpha value is -1.95. The van der Waals surface area contributed by atoms with Gasteiger partial charge in [-0.05, 0) is 30.7 Å². The number of pyridine rings is 1. The molecule has 6 heteroatoms. The second-order valence-electron chi connectivity index (χ2n) is 5.37. The number of ether oxygens (including phenoxy) is 1. The van der Waals surface area contributed by atoms with Crippen molar-refractivity contribution in [1.82, 2.24) is 4.98 Å². The number of anilines is 1. The number of aromatic nitrogens is 1. The lowest BCUT2D eigenvalue weighted by Gasteiger charge is -2.16. The minimum atomic E-state index is -1.07. The zero-order chi connectivity index (χ0) is 14.1. The van der Waals surface area contributed by atoms with Crippen molar-refractivity contribution in [3.05, 3.63) is 24.0 Å². The number of nitrogens with one attached hydrogen (secondary N) is 1. The van der Waals surface area contributed by atoms with Crippen LogP contribution in [0.4, 0.5) is 5.69 Å². The van der Waals surface area contributed by atoms with Crippen molar-refractivity contribution in [3.8, 4) is 0 Å². The van der Waals surface area contributed by atoms with E-state index in [1.165, 1.54) is 18.5 Å². The van der Waals surface area contributed by atoms with Crippen molar-refractivity contribution in [2.45, 2.75) is 25.4 Å². The second-order valence-corrected chi connectivity index (χ2v) is 5.37. The Morgan fingerprint density at radius 3 is 3.00 bits per heavy atom. The number of amides is 1. The van der Waals surface area contributed by atoms with Crippen molar-refractivity contribution in [3.63, 3.8) is 0 Å². The number of fused-ring (bicyclic) bond motifs is 1. The molecule has 3 rings (SSSR count). The Balaban J connectivity index is 1.70. The summed E-state index contributed by atoms with van der Waals surface area (Å²) in [6.07, 6.45) is 5.57. The number of hydrogen-bond donors (Lipinski definition) is 2. The summed E-state index contributed by atoms with van der Waals surface area (Å²) in [6, 6.07) is 1.40. The van der Waals surface area contributed by atoms with E-state index in [2.05, 4.69) is 10.3 Å². The average Bonchev–Trinajstić information content (AvgIpc) is 3.00. The van der Waals surface area contributed by atoms with Crippen LogP contribution in [0.2, 0.25) is 0 Å². The number of hydrogen-bond acceptors (Lipinski definition) is 4. The van der Waals surface area contributed by atoms with Gasteiger partial charge in [-0.25, -0.2) is 4.79 Å². The molecule has 1 amide bonds. The Morgan fingerprint density at radius 1 is 1.35 bits per heavy atom. The number of carboxylic acids is 1. The van der Waals surface area contributed by atoms with Crippen LogP contribution in [0.15, 0.2) is 18.5 Å². The number of carboxylic acid groups (broad SMARTS) is 1. The number of nitrogens with zero attached hydrogens (tertiary/aromatic N) is 1. The van der Waals surface area contributed by atoms with E-state index in [1.54, 1.807) is 0 Å². The van der Waals surface area contributed by atoms with Gasteiger partial charge in [0.25, 0.3) is 5.91 Å². The quantitative estimate of drug-likeness (QED) is 0.874. The summed E-state index contributed by atoms with van der Waals surface area (Å²) in [7, 11) is 0. The van der Waals surface area contributed by atoms with Crippen molar-refractivity contribution < 1.29 is 19.4 Å². The van der Waals surface area contributed by atoms with E-state index >= 15 is 0 Å². The molecule has 0 aromatic carbocycles. The molecule has 1 saturated heterocycles. The molecule has 20 heavy (non-hydrogen) atoms. The lowest BCUT2D eigenvalue weighted by atomic mass is 9.94. The van der Waals surface area contributed by atoms with Gasteiger partial charge in [0.2, 0.25) is 0 Å². The third-order valence-corrected chi connectivity index (χ3v) is 4.11. The molecule has 0 spiro atoms. The van der Waals surface area contributed by atoms with Crippen LogP contribution >= 0.6 is 0 Å². The van der Waals surface area contributed by atoms with Gasteiger partial charge < -0.3 is 15.2 Å². The Morgan fingerprint density at radius 2 is 2.20 bits per heavy atom. The molecule has 3 atom stereocenters. The normalized spacial score (nSPS) is 28.1. The predicted octanol–water partition coefficient (Wildman–Crippen LogP) is 1.53. The van der Waals surface area contributed by atoms with Gasteiger partial charge in [-0.3, -0.25) is 9.78 Å². The topological polar surface area (TPSA) is 88.5 Å². The Bertz CT molecular complexity index is 546. The number of rotatable bonds is 3. The highest BCUT2D eigenvalue weighted by Crippen LogP contribution is 2.40. The molecule has 1 aliphatic heterocycles. The van der Waals surface area contributed by atoms with E-state index in [9.17, 15) is 9.59 Å². The van der Waals surface area contributed by atoms with Gasteiger partial charge in [-0.15, -0.1) is 0 Å². The summed E-state index contributed by atoms with van der Waals surface area (Å²) in [5, 5.41) is 11.6. The van der Waals surface area contributed by atoms with Crippen LogP contribution in [-0.2, 0) is 9.53 Å². The largest absolute Gasteiger partial charge is 0.478 e. The summed E-state index contributed by atoms with van der Waals surface area (Å²) < 4.78 is 5.58. The first-order chi connectivity index (χ1) is 9.65. The van der Waals surface area contributed by atoms with Crippen LogP contribution in [0.3, 0.4) is 0 Å². The van der Waals surface area contributed by atoms with Gasteiger partial charge in [-0.1, -0.05) is 6.42 Å². The molecule has 2 aliphatic rings. The lowest BCUT2D eigenvalue weighted by molar-refractivity contribution is -0.126. The van der Waals surface area contributed by atoms with Crippen LogP contribution in [0, 0.1) is 11.8 Å². The highest BCUT2D eigenvalue weighted by Gasteiger charge is 2.43.